The van der Waals surface area contributed by atoms with Crippen LogP contribution < -0.4 is 24.7 Å². The van der Waals surface area contributed by atoms with Crippen molar-refractivity contribution >= 4 is 5.97 Å². The number of fused-ring (bicyclic) bond motifs is 1. The third-order valence-electron chi connectivity index (χ3n) is 5.96. The van der Waals surface area contributed by atoms with Gasteiger partial charge in [0.1, 0.15) is 34.6 Å². The Morgan fingerprint density at radius 1 is 1.03 bits per heavy atom. The second kappa shape index (κ2) is 11.5. The van der Waals surface area contributed by atoms with Crippen LogP contribution in [-0.2, 0) is 4.79 Å². The summed E-state index contributed by atoms with van der Waals surface area (Å²) >= 11 is 0. The molecule has 190 valence electrons. The predicted octanol–water partition coefficient (Wildman–Crippen LogP) is 5.62. The number of benzene rings is 3. The largest absolute Gasteiger partial charge is 0.494 e. The van der Waals surface area contributed by atoms with Crippen molar-refractivity contribution in [1.29, 1.82) is 5.26 Å². The highest BCUT2D eigenvalue weighted by Gasteiger charge is 2.31. The Kier molecular flexibility index (Phi) is 7.99. The number of nitrogens with zero attached hydrogens (tertiary/aromatic N) is 1. The number of hydrogen-bond acceptors (Lipinski definition) is 7. The van der Waals surface area contributed by atoms with Gasteiger partial charge >= 0.3 is 5.97 Å². The van der Waals surface area contributed by atoms with Crippen LogP contribution in [0.25, 0.3) is 0 Å². The summed E-state index contributed by atoms with van der Waals surface area (Å²) in [6.07, 6.45) is 0.943. The number of ether oxygens (including phenoxy) is 4. The Morgan fingerprint density at radius 3 is 2.51 bits per heavy atom. The number of carbonyl (C=O) groups is 1. The number of allylic oxidation sites excluding steroid dienone is 1. The van der Waals surface area contributed by atoms with Crippen molar-refractivity contribution in [3.63, 3.8) is 0 Å². The lowest BCUT2D eigenvalue weighted by molar-refractivity contribution is -0.136. The zero-order chi connectivity index (χ0) is 26.4. The van der Waals surface area contributed by atoms with Gasteiger partial charge in [-0.25, -0.2) is 4.79 Å². The Hall–Kier alpha value is -4.44. The maximum absolute atomic E-state index is 12.4. The molecule has 0 saturated heterocycles. The maximum atomic E-state index is 12.4. The molecule has 1 unspecified atom stereocenters. The van der Waals surface area contributed by atoms with Gasteiger partial charge in [-0.2, -0.15) is 5.26 Å². The maximum Gasteiger partial charge on any atom is 0.349 e. The van der Waals surface area contributed by atoms with Crippen LogP contribution in [0, 0.1) is 24.2 Å². The van der Waals surface area contributed by atoms with Gasteiger partial charge in [0.15, 0.2) is 6.61 Å². The van der Waals surface area contributed by atoms with E-state index in [0.29, 0.717) is 29.6 Å². The van der Waals surface area contributed by atoms with E-state index in [1.165, 1.54) is 0 Å². The summed E-state index contributed by atoms with van der Waals surface area (Å²) in [5, 5.41) is 9.85. The molecule has 7 nitrogen and oxygen atoms in total. The van der Waals surface area contributed by atoms with Crippen LogP contribution in [0.15, 0.2) is 78.2 Å². The molecule has 4 rings (SSSR count). The molecule has 7 heteroatoms. The molecule has 0 fully saturated rings. The first-order chi connectivity index (χ1) is 17.8. The molecule has 3 aromatic carbocycles. The molecule has 0 amide bonds. The van der Waals surface area contributed by atoms with Crippen molar-refractivity contribution in [2.24, 2.45) is 11.7 Å². The summed E-state index contributed by atoms with van der Waals surface area (Å²) in [4.78, 5) is 12.4. The predicted molar refractivity (Wildman–Crippen MR) is 139 cm³/mol. The van der Waals surface area contributed by atoms with E-state index in [1.54, 1.807) is 30.3 Å². The molecule has 1 atom stereocenters. The van der Waals surface area contributed by atoms with Crippen LogP contribution in [0.1, 0.15) is 42.9 Å². The van der Waals surface area contributed by atoms with Crippen LogP contribution in [0.4, 0.5) is 0 Å². The fourth-order valence-electron chi connectivity index (χ4n) is 3.98. The van der Waals surface area contributed by atoms with Gasteiger partial charge in [0, 0.05) is 11.6 Å². The topological polar surface area (TPSA) is 104 Å². The second-order valence-electron chi connectivity index (χ2n) is 9.30. The third kappa shape index (κ3) is 6.42. The van der Waals surface area contributed by atoms with Crippen molar-refractivity contribution in [3.05, 3.63) is 94.9 Å². The molecule has 0 aliphatic carbocycles. The van der Waals surface area contributed by atoms with E-state index >= 15 is 0 Å². The molecule has 1 aliphatic heterocycles. The van der Waals surface area contributed by atoms with Crippen molar-refractivity contribution < 1.29 is 23.7 Å². The smallest absolute Gasteiger partial charge is 0.349 e. The summed E-state index contributed by atoms with van der Waals surface area (Å²) in [5.74, 6) is 1.55. The lowest BCUT2D eigenvalue weighted by Gasteiger charge is -2.27. The van der Waals surface area contributed by atoms with E-state index in [-0.39, 0.29) is 18.2 Å². The first-order valence-corrected chi connectivity index (χ1v) is 12.2. The Morgan fingerprint density at radius 2 is 1.78 bits per heavy atom. The van der Waals surface area contributed by atoms with Crippen molar-refractivity contribution in [2.75, 3.05) is 13.2 Å². The van der Waals surface area contributed by atoms with Gasteiger partial charge in [-0.15, -0.1) is 0 Å². The van der Waals surface area contributed by atoms with Crippen molar-refractivity contribution in [1.82, 2.24) is 0 Å². The molecule has 37 heavy (non-hydrogen) atoms. The van der Waals surface area contributed by atoms with Gasteiger partial charge in [-0.3, -0.25) is 0 Å². The SMILES string of the molecule is Cc1ccc(OCC(=O)Oc2ccc3c(c2)OC(N)=C(C#N)C3c2cccc(OCCC(C)C)c2)cc1. The van der Waals surface area contributed by atoms with Crippen LogP contribution >= 0.6 is 0 Å². The monoisotopic (exact) mass is 498 g/mol. The fraction of sp³-hybridized carbons (Fsp3) is 0.267. The Balaban J connectivity index is 1.52. The highest BCUT2D eigenvalue weighted by Crippen LogP contribution is 2.44. The Bertz CT molecular complexity index is 1340. The van der Waals surface area contributed by atoms with E-state index in [1.807, 2.05) is 43.3 Å². The number of nitrogens with two attached hydrogens (primary N) is 1. The zero-order valence-corrected chi connectivity index (χ0v) is 21.2. The Labute approximate surface area is 217 Å². The van der Waals surface area contributed by atoms with Gasteiger partial charge in [0.25, 0.3) is 0 Å². The molecule has 3 aromatic rings. The highest BCUT2D eigenvalue weighted by molar-refractivity contribution is 5.74. The average molecular weight is 499 g/mol. The summed E-state index contributed by atoms with van der Waals surface area (Å²) < 4.78 is 22.6. The number of esters is 1. The summed E-state index contributed by atoms with van der Waals surface area (Å²) in [6, 6.07) is 22.2. The molecule has 1 heterocycles. The molecular weight excluding hydrogens is 468 g/mol. The standard InChI is InChI=1S/C30H30N2O5/c1-19(2)13-14-34-23-6-4-5-21(15-23)29-25-12-11-24(16-27(25)37-30(32)26(29)17-31)36-28(33)18-35-22-9-7-20(3)8-10-22/h4-12,15-16,19,29H,13-14,18,32H2,1-3H3. The zero-order valence-electron chi connectivity index (χ0n) is 21.2. The van der Waals surface area contributed by atoms with Gasteiger partial charge in [-0.1, -0.05) is 49.7 Å². The molecule has 0 saturated carbocycles. The van der Waals surface area contributed by atoms with E-state index in [9.17, 15) is 10.1 Å². The molecule has 0 aromatic heterocycles. The van der Waals surface area contributed by atoms with Crippen LogP contribution in [0.5, 0.6) is 23.0 Å². The molecule has 2 N–H and O–H groups in total. The number of nitriles is 1. The number of rotatable bonds is 9. The first kappa shape index (κ1) is 25.6. The minimum Gasteiger partial charge on any atom is -0.494 e. The van der Waals surface area contributed by atoms with Gasteiger partial charge in [0.2, 0.25) is 5.88 Å². The third-order valence-corrected chi connectivity index (χ3v) is 5.96. The molecule has 1 aliphatic rings. The van der Waals surface area contributed by atoms with Gasteiger partial charge in [0.05, 0.1) is 12.5 Å². The lowest BCUT2D eigenvalue weighted by Crippen LogP contribution is -2.21. The van der Waals surface area contributed by atoms with Gasteiger partial charge < -0.3 is 24.7 Å². The summed E-state index contributed by atoms with van der Waals surface area (Å²) in [5.41, 5.74) is 9.13. The summed E-state index contributed by atoms with van der Waals surface area (Å²) in [6.45, 7) is 6.63. The minimum absolute atomic E-state index is 0.0114. The normalized spacial score (nSPS) is 14.4. The summed E-state index contributed by atoms with van der Waals surface area (Å²) in [7, 11) is 0. The van der Waals surface area contributed by atoms with Crippen LogP contribution in [0.3, 0.4) is 0 Å². The fourth-order valence-corrected chi connectivity index (χ4v) is 3.98. The van der Waals surface area contributed by atoms with E-state index in [0.717, 1.165) is 28.9 Å². The van der Waals surface area contributed by atoms with E-state index in [2.05, 4.69) is 19.9 Å². The molecular formula is C30H30N2O5. The van der Waals surface area contributed by atoms with E-state index in [4.69, 9.17) is 24.7 Å². The number of aryl methyl sites for hydroxylation is 1. The highest BCUT2D eigenvalue weighted by atomic mass is 16.6. The van der Waals surface area contributed by atoms with Crippen molar-refractivity contribution in [2.45, 2.75) is 33.1 Å². The second-order valence-corrected chi connectivity index (χ2v) is 9.30. The molecule has 0 radical (unpaired) electrons. The van der Waals surface area contributed by atoms with Crippen LogP contribution in [-0.4, -0.2) is 19.2 Å². The van der Waals surface area contributed by atoms with Gasteiger partial charge in [-0.05, 0) is 55.2 Å². The first-order valence-electron chi connectivity index (χ1n) is 12.2. The lowest BCUT2D eigenvalue weighted by atomic mass is 9.83. The van der Waals surface area contributed by atoms with E-state index < -0.39 is 11.9 Å². The minimum atomic E-state index is -0.555. The van der Waals surface area contributed by atoms with Crippen LogP contribution in [0.2, 0.25) is 0 Å². The number of carbonyl (C=O) groups excluding carboxylic acids is 1. The van der Waals surface area contributed by atoms with Crippen molar-refractivity contribution in [3.8, 4) is 29.1 Å². The average Bonchev–Trinajstić information content (AvgIpc) is 2.87. The molecule has 0 spiro atoms. The number of hydrogen-bond donors (Lipinski definition) is 1. The quantitative estimate of drug-likeness (QED) is 0.301. The molecule has 0 bridgehead atoms.